The van der Waals surface area contributed by atoms with Crippen molar-refractivity contribution in [3.05, 3.63) is 140 Å². The summed E-state index contributed by atoms with van der Waals surface area (Å²) in [7, 11) is 3.38. The first-order valence-electron chi connectivity index (χ1n) is 20.9. The normalized spacial score (nSPS) is 12.2. The molecule has 0 heterocycles. The number of aryl methyl sites for hydroxylation is 2. The predicted molar refractivity (Wildman–Crippen MR) is 258 cm³/mol. The van der Waals surface area contributed by atoms with Crippen LogP contribution in [0.15, 0.2) is 95.2 Å². The zero-order chi connectivity index (χ0) is 48.1. The van der Waals surface area contributed by atoms with E-state index in [0.29, 0.717) is 17.8 Å². The van der Waals surface area contributed by atoms with E-state index in [9.17, 15) is 19.2 Å². The second kappa shape index (κ2) is 31.9. The molecular weight excluding hydrogens is 820 g/mol. The van der Waals surface area contributed by atoms with Crippen LogP contribution in [-0.2, 0) is 23.8 Å². The maximum Gasteiger partial charge on any atom is 0.516 e. The second-order valence-corrected chi connectivity index (χ2v) is 15.1. The lowest BCUT2D eigenvalue weighted by Gasteiger charge is -2.13. The Balaban J connectivity index is 0.00000106. The number of carbonyl (C=O) groups excluding carboxylic acids is 3. The standard InChI is InChI=1S/C26H34O5.C21H26O3.C5H9ClO2/c1-8-9-15-30-26(28)31-25(27)16-19(3)12-10-11-18(2)13-14-23-20(4)17-24(29-7)22(6)21(23)5;1-14(8-7-9-15(2)12-21(22)23)10-11-19-16(3)13-20(24-6)18(5)17(19)4;1-2-3-4-8-5(6)7/h10-14,16-17H,8-9,15H2,1-7H3;7-13H,1-6H3,(H,22,23);2-4H2,1H3/b12-10+,14-13+,18-11+,19-16+;9-7+,11-10+,14-8+,15-12+;. The summed E-state index contributed by atoms with van der Waals surface area (Å²) < 4.78 is 24.6. The molecule has 0 aliphatic heterocycles. The number of hydrogen-bond donors (Lipinski definition) is 1. The topological polar surface area (TPSA) is 135 Å². The van der Waals surface area contributed by atoms with E-state index in [-0.39, 0.29) is 6.61 Å². The smallest absolute Gasteiger partial charge is 0.496 e. The van der Waals surface area contributed by atoms with Gasteiger partial charge in [-0.25, -0.2) is 19.2 Å². The summed E-state index contributed by atoms with van der Waals surface area (Å²) in [6.07, 6.45) is 24.5. The number of unbranched alkanes of at least 4 members (excludes halogenated alkanes) is 2. The average Bonchev–Trinajstić information content (AvgIpc) is 3.20. The molecule has 2 aromatic rings. The number of benzene rings is 2. The lowest BCUT2D eigenvalue weighted by Crippen LogP contribution is -2.12. The molecule has 0 bridgehead atoms. The number of allylic oxidation sites excluding steroid dienone is 12. The fourth-order valence-electron chi connectivity index (χ4n) is 5.53. The van der Waals surface area contributed by atoms with Crippen LogP contribution < -0.4 is 9.47 Å². The van der Waals surface area contributed by atoms with Gasteiger partial charge in [0.1, 0.15) is 11.5 Å². The monoisotopic (exact) mass is 888 g/mol. The maximum absolute atomic E-state index is 11.7. The Bertz CT molecular complexity index is 2090. The lowest BCUT2D eigenvalue weighted by molar-refractivity contribution is -0.134. The quantitative estimate of drug-likeness (QED) is 0.0385. The Kier molecular flexibility index (Phi) is 28.9. The van der Waals surface area contributed by atoms with E-state index in [2.05, 4.69) is 75.3 Å². The minimum Gasteiger partial charge on any atom is -0.496 e. The van der Waals surface area contributed by atoms with Crippen LogP contribution >= 0.6 is 11.6 Å². The summed E-state index contributed by atoms with van der Waals surface area (Å²) in [5.41, 5.74) is 12.2. The van der Waals surface area contributed by atoms with Crippen molar-refractivity contribution in [3.63, 3.8) is 0 Å². The van der Waals surface area contributed by atoms with Crippen molar-refractivity contribution in [2.75, 3.05) is 27.4 Å². The van der Waals surface area contributed by atoms with Crippen LogP contribution in [0, 0.1) is 41.5 Å². The van der Waals surface area contributed by atoms with Gasteiger partial charge in [-0.2, -0.15) is 0 Å². The van der Waals surface area contributed by atoms with Crippen molar-refractivity contribution in [3.8, 4) is 11.5 Å². The highest BCUT2D eigenvalue weighted by molar-refractivity contribution is 6.61. The Morgan fingerprint density at radius 3 is 1.40 bits per heavy atom. The highest BCUT2D eigenvalue weighted by Crippen LogP contribution is 2.29. The summed E-state index contributed by atoms with van der Waals surface area (Å²) in [6.45, 7) is 24.7. The Morgan fingerprint density at radius 1 is 0.603 bits per heavy atom. The number of aliphatic carboxylic acids is 1. The van der Waals surface area contributed by atoms with Crippen LogP contribution in [0.2, 0.25) is 0 Å². The molecule has 11 heteroatoms. The third-order valence-corrected chi connectivity index (χ3v) is 9.54. The first-order valence-corrected chi connectivity index (χ1v) is 21.3. The average molecular weight is 890 g/mol. The number of methoxy groups -OCH3 is 2. The van der Waals surface area contributed by atoms with Gasteiger partial charge < -0.3 is 28.8 Å². The first kappa shape index (κ1) is 57.1. The van der Waals surface area contributed by atoms with E-state index in [4.69, 9.17) is 30.9 Å². The molecule has 0 amide bonds. The van der Waals surface area contributed by atoms with Crippen molar-refractivity contribution in [2.45, 2.75) is 109 Å². The molecule has 0 unspecified atom stereocenters. The molecule has 2 aromatic carbocycles. The lowest BCUT2D eigenvalue weighted by atomic mass is 9.96. The minimum absolute atomic E-state index is 0.248. The van der Waals surface area contributed by atoms with E-state index in [1.807, 2.05) is 64.1 Å². The van der Waals surface area contributed by atoms with Gasteiger partial charge in [-0.15, -0.1) is 0 Å². The van der Waals surface area contributed by atoms with Crippen LogP contribution in [0.25, 0.3) is 12.2 Å². The molecule has 0 atom stereocenters. The number of ether oxygens (including phenoxy) is 5. The molecule has 0 fully saturated rings. The molecule has 2 rings (SSSR count). The van der Waals surface area contributed by atoms with Crippen molar-refractivity contribution < 1.29 is 48.0 Å². The summed E-state index contributed by atoms with van der Waals surface area (Å²) in [4.78, 5) is 43.5. The highest BCUT2D eigenvalue weighted by atomic mass is 35.5. The first-order chi connectivity index (χ1) is 29.7. The Labute approximate surface area is 381 Å². The van der Waals surface area contributed by atoms with E-state index < -0.39 is 23.5 Å². The van der Waals surface area contributed by atoms with E-state index in [1.165, 1.54) is 40.0 Å². The minimum atomic E-state index is -0.966. The molecule has 0 aromatic heterocycles. The second-order valence-electron chi connectivity index (χ2n) is 14.8. The van der Waals surface area contributed by atoms with Gasteiger partial charge in [0.2, 0.25) is 0 Å². The fourth-order valence-corrected chi connectivity index (χ4v) is 5.60. The van der Waals surface area contributed by atoms with Crippen molar-refractivity contribution in [1.82, 2.24) is 0 Å². The van der Waals surface area contributed by atoms with Crippen LogP contribution in [0.1, 0.15) is 112 Å². The third kappa shape index (κ3) is 24.4. The van der Waals surface area contributed by atoms with Gasteiger partial charge in [0.05, 0.1) is 27.4 Å². The summed E-state index contributed by atoms with van der Waals surface area (Å²) in [6, 6.07) is 4.11. The number of carboxylic acids is 1. The SMILES string of the molecule is CCCCOC(=O)Cl.CCCCOC(=O)OC(=O)/C=C(C)/C=C/C=C(C)/C=C/c1c(C)cc(OC)c(C)c1C.COc1cc(C)c(/C=C/C(C)=C/C=C/C(C)=C/C(=O)O)c(C)c1C. The number of halogens is 1. The van der Waals surface area contributed by atoms with Gasteiger partial charge in [-0.3, -0.25) is 0 Å². The zero-order valence-electron chi connectivity index (χ0n) is 39.8. The van der Waals surface area contributed by atoms with Gasteiger partial charge in [0.25, 0.3) is 0 Å². The molecule has 1 N–H and O–H groups in total. The maximum atomic E-state index is 11.7. The van der Waals surface area contributed by atoms with Crippen LogP contribution in [-0.4, -0.2) is 56.1 Å². The highest BCUT2D eigenvalue weighted by Gasteiger charge is 2.11. The molecule has 344 valence electrons. The summed E-state index contributed by atoms with van der Waals surface area (Å²) in [5.74, 6) is 0.138. The Hall–Kier alpha value is -5.87. The van der Waals surface area contributed by atoms with Gasteiger partial charge in [0.15, 0.2) is 0 Å². The van der Waals surface area contributed by atoms with Gasteiger partial charge >= 0.3 is 23.5 Å². The van der Waals surface area contributed by atoms with E-state index in [1.54, 1.807) is 40.2 Å². The molecule has 63 heavy (non-hydrogen) atoms. The van der Waals surface area contributed by atoms with E-state index in [0.717, 1.165) is 65.0 Å². The summed E-state index contributed by atoms with van der Waals surface area (Å²) in [5, 5.41) is 8.67. The molecular formula is C52H69ClO10. The van der Waals surface area contributed by atoms with Gasteiger partial charge in [0, 0.05) is 23.8 Å². The van der Waals surface area contributed by atoms with Crippen LogP contribution in [0.4, 0.5) is 9.59 Å². The molecule has 0 radical (unpaired) electrons. The van der Waals surface area contributed by atoms with Crippen molar-refractivity contribution in [1.29, 1.82) is 0 Å². The van der Waals surface area contributed by atoms with E-state index >= 15 is 0 Å². The molecule has 0 spiro atoms. The largest absolute Gasteiger partial charge is 0.516 e. The number of hydrogen-bond acceptors (Lipinski definition) is 9. The number of carboxylic acid groups (broad SMARTS) is 1. The Morgan fingerprint density at radius 2 is 1.02 bits per heavy atom. The number of rotatable bonds is 18. The van der Waals surface area contributed by atoms with Crippen molar-refractivity contribution >= 4 is 47.3 Å². The van der Waals surface area contributed by atoms with Gasteiger partial charge in [-0.05, 0) is 150 Å². The third-order valence-electron chi connectivity index (χ3n) is 9.43. The number of esters is 1. The molecule has 0 aliphatic rings. The van der Waals surface area contributed by atoms with Gasteiger partial charge in [-0.1, -0.05) is 98.6 Å². The predicted octanol–water partition coefficient (Wildman–Crippen LogP) is 13.9. The molecule has 0 saturated carbocycles. The molecule has 0 aliphatic carbocycles. The van der Waals surface area contributed by atoms with Crippen LogP contribution in [0.5, 0.6) is 11.5 Å². The van der Waals surface area contributed by atoms with Crippen LogP contribution in [0.3, 0.4) is 0 Å². The molecule has 0 saturated heterocycles. The zero-order valence-corrected chi connectivity index (χ0v) is 40.6. The molecule has 10 nitrogen and oxygen atoms in total. The summed E-state index contributed by atoms with van der Waals surface area (Å²) >= 11 is 4.85. The van der Waals surface area contributed by atoms with Crippen molar-refractivity contribution in [2.24, 2.45) is 0 Å². The number of carbonyl (C=O) groups is 4. The fraction of sp³-hybridized carbons (Fsp3) is 0.385.